The lowest BCUT2D eigenvalue weighted by Gasteiger charge is -2.20. The summed E-state index contributed by atoms with van der Waals surface area (Å²) < 4.78 is 58.1. The number of carbonyl (C=O) groups is 2. The molecule has 2 aromatic carbocycles. The molecule has 0 saturated carbocycles. The van der Waals surface area contributed by atoms with Gasteiger partial charge < -0.3 is 28.4 Å². The third kappa shape index (κ3) is 5.84. The summed E-state index contributed by atoms with van der Waals surface area (Å²) in [5.74, 6) is 0.0727. The van der Waals surface area contributed by atoms with Gasteiger partial charge >= 0.3 is 18.4 Å². The predicted octanol–water partition coefficient (Wildman–Crippen LogP) is 4.97. The largest absolute Gasteiger partial charge is 0.586 e. The van der Waals surface area contributed by atoms with E-state index in [1.165, 1.54) is 19.2 Å². The van der Waals surface area contributed by atoms with E-state index in [9.17, 15) is 18.4 Å². The molecule has 1 atom stereocenters. The van der Waals surface area contributed by atoms with Crippen molar-refractivity contribution in [3.8, 4) is 23.0 Å². The van der Waals surface area contributed by atoms with E-state index in [0.29, 0.717) is 18.1 Å². The molecular weight excluding hydrogens is 468 g/mol. The first-order chi connectivity index (χ1) is 16.4. The number of methoxy groups -OCH3 is 1. The van der Waals surface area contributed by atoms with Crippen LogP contribution in [0.2, 0.25) is 0 Å². The van der Waals surface area contributed by atoms with Gasteiger partial charge in [0.15, 0.2) is 11.5 Å². The number of halogens is 2. The molecule has 0 unspecified atom stereocenters. The number of benzene rings is 2. The van der Waals surface area contributed by atoms with Crippen molar-refractivity contribution in [2.45, 2.75) is 51.6 Å². The van der Waals surface area contributed by atoms with Crippen molar-refractivity contribution in [2.75, 3.05) is 19.0 Å². The van der Waals surface area contributed by atoms with E-state index in [4.69, 9.17) is 18.9 Å². The maximum Gasteiger partial charge on any atom is 0.586 e. The number of hydrogen-bond donors (Lipinski definition) is 1. The summed E-state index contributed by atoms with van der Waals surface area (Å²) in [5.41, 5.74) is 0.491. The van der Waals surface area contributed by atoms with Gasteiger partial charge in [-0.3, -0.25) is 10.1 Å². The summed E-state index contributed by atoms with van der Waals surface area (Å²) in [6.45, 7) is 5.26. The molecule has 35 heavy (non-hydrogen) atoms. The molecule has 0 saturated heterocycles. The van der Waals surface area contributed by atoms with Gasteiger partial charge in [0.1, 0.15) is 23.7 Å². The second kappa shape index (κ2) is 9.12. The Hall–Kier alpha value is -3.76. The van der Waals surface area contributed by atoms with Gasteiger partial charge in [-0.1, -0.05) is 6.07 Å². The maximum atomic E-state index is 13.8. The zero-order valence-corrected chi connectivity index (χ0v) is 19.6. The normalized spacial score (nSPS) is 17.3. The van der Waals surface area contributed by atoms with Crippen molar-refractivity contribution in [2.24, 2.45) is 0 Å². The molecule has 2 aliphatic rings. The Morgan fingerprint density at radius 3 is 2.63 bits per heavy atom. The highest BCUT2D eigenvalue weighted by Crippen LogP contribution is 2.46. The molecule has 1 N–H and O–H groups in total. The van der Waals surface area contributed by atoms with Gasteiger partial charge in [-0.15, -0.1) is 8.78 Å². The number of carbonyl (C=O) groups excluding carboxylic acids is 2. The number of ether oxygens (including phenoxy) is 6. The first kappa shape index (κ1) is 24.4. The molecule has 0 fully saturated rings. The third-order valence-corrected chi connectivity index (χ3v) is 5.13. The van der Waals surface area contributed by atoms with Crippen LogP contribution in [0.4, 0.5) is 19.3 Å². The Morgan fingerprint density at radius 2 is 1.91 bits per heavy atom. The highest BCUT2D eigenvalue weighted by molar-refractivity contribution is 5.86. The van der Waals surface area contributed by atoms with Gasteiger partial charge in [0.25, 0.3) is 0 Å². The van der Waals surface area contributed by atoms with Crippen LogP contribution >= 0.6 is 0 Å². The second-order valence-electron chi connectivity index (χ2n) is 9.03. The molecule has 188 valence electrons. The van der Waals surface area contributed by atoms with Crippen LogP contribution in [0, 0.1) is 0 Å². The molecule has 11 heteroatoms. The molecule has 0 radical (unpaired) electrons. The number of alkyl halides is 2. The van der Waals surface area contributed by atoms with Crippen molar-refractivity contribution in [1.29, 1.82) is 0 Å². The Kier molecular flexibility index (Phi) is 6.35. The lowest BCUT2D eigenvalue weighted by atomic mass is 9.98. The number of amides is 1. The summed E-state index contributed by atoms with van der Waals surface area (Å²) in [7, 11) is 1.33. The molecule has 0 aliphatic carbocycles. The van der Waals surface area contributed by atoms with Crippen LogP contribution in [-0.2, 0) is 20.9 Å². The second-order valence-corrected chi connectivity index (χ2v) is 9.03. The van der Waals surface area contributed by atoms with Crippen LogP contribution in [0.25, 0.3) is 0 Å². The predicted molar refractivity (Wildman–Crippen MR) is 118 cm³/mol. The number of anilines is 1. The van der Waals surface area contributed by atoms with E-state index in [1.54, 1.807) is 39.0 Å². The van der Waals surface area contributed by atoms with Crippen LogP contribution in [0.5, 0.6) is 23.0 Å². The summed E-state index contributed by atoms with van der Waals surface area (Å²) in [5, 5.41) is 2.50. The lowest BCUT2D eigenvalue weighted by Crippen LogP contribution is -2.27. The van der Waals surface area contributed by atoms with Crippen LogP contribution in [0.3, 0.4) is 0 Å². The van der Waals surface area contributed by atoms with Crippen LogP contribution in [0.1, 0.15) is 44.2 Å². The van der Waals surface area contributed by atoms with E-state index in [2.05, 4.69) is 14.8 Å². The minimum atomic E-state index is -3.85. The molecule has 0 aromatic heterocycles. The minimum Gasteiger partial charge on any atom is -0.492 e. The Bertz CT molecular complexity index is 1150. The van der Waals surface area contributed by atoms with Crippen molar-refractivity contribution in [3.63, 3.8) is 0 Å². The van der Waals surface area contributed by atoms with E-state index < -0.39 is 18.0 Å². The summed E-state index contributed by atoms with van der Waals surface area (Å²) >= 11 is 0. The summed E-state index contributed by atoms with van der Waals surface area (Å²) in [6, 6.07) is 7.77. The fraction of sp³-hybridized carbons (Fsp3) is 0.417. The first-order valence-corrected chi connectivity index (χ1v) is 10.8. The molecule has 4 rings (SSSR count). The van der Waals surface area contributed by atoms with Crippen LogP contribution in [-0.4, -0.2) is 37.7 Å². The average molecular weight is 493 g/mol. The highest BCUT2D eigenvalue weighted by Gasteiger charge is 2.45. The quantitative estimate of drug-likeness (QED) is 0.563. The van der Waals surface area contributed by atoms with Gasteiger partial charge in [0.05, 0.1) is 20.1 Å². The lowest BCUT2D eigenvalue weighted by molar-refractivity contribution is -0.287. The number of esters is 1. The fourth-order valence-electron chi connectivity index (χ4n) is 3.68. The molecule has 9 nitrogen and oxygen atoms in total. The van der Waals surface area contributed by atoms with Gasteiger partial charge in [0, 0.05) is 34.9 Å². The third-order valence-electron chi connectivity index (χ3n) is 5.13. The maximum absolute atomic E-state index is 13.8. The van der Waals surface area contributed by atoms with Gasteiger partial charge in [0.2, 0.25) is 0 Å². The van der Waals surface area contributed by atoms with Crippen LogP contribution < -0.4 is 24.3 Å². The number of rotatable bonds is 6. The van der Waals surface area contributed by atoms with E-state index in [1.807, 2.05) is 0 Å². The zero-order valence-electron chi connectivity index (χ0n) is 19.6. The number of nitrogens with one attached hydrogen (secondary N) is 1. The molecule has 0 spiro atoms. The SMILES string of the molecule is COC(=O)C[C@@H]1COc2cc(OCc3cc(NC(=O)OC(C)(C)C)cc4c3OC(F)(F)O4)ccc21. The molecule has 0 bridgehead atoms. The fourth-order valence-corrected chi connectivity index (χ4v) is 3.68. The monoisotopic (exact) mass is 493 g/mol. The summed E-state index contributed by atoms with van der Waals surface area (Å²) in [6.07, 6.45) is -4.41. The van der Waals surface area contributed by atoms with Crippen molar-refractivity contribution in [1.82, 2.24) is 0 Å². The number of fused-ring (bicyclic) bond motifs is 2. The van der Waals surface area contributed by atoms with Gasteiger partial charge in [-0.25, -0.2) is 4.79 Å². The van der Waals surface area contributed by atoms with Crippen molar-refractivity contribution in [3.05, 3.63) is 41.5 Å². The Morgan fingerprint density at radius 1 is 1.14 bits per heavy atom. The Balaban J connectivity index is 1.51. The highest BCUT2D eigenvalue weighted by atomic mass is 19.3. The summed E-state index contributed by atoms with van der Waals surface area (Å²) in [4.78, 5) is 23.7. The van der Waals surface area contributed by atoms with Gasteiger partial charge in [-0.2, -0.15) is 0 Å². The van der Waals surface area contributed by atoms with Crippen molar-refractivity contribution < 1.29 is 46.8 Å². The molecule has 1 amide bonds. The average Bonchev–Trinajstić information content (AvgIpc) is 3.29. The molecule has 2 aliphatic heterocycles. The smallest absolute Gasteiger partial charge is 0.492 e. The van der Waals surface area contributed by atoms with E-state index >= 15 is 0 Å². The standard InChI is InChI=1S/C24H25F2NO8/c1-23(2,3)35-22(29)27-15-7-14(21-19(9-15)33-24(25,26)34-21)12-31-16-5-6-17-13(8-20(28)30-4)11-32-18(17)10-16/h5-7,9-10,13H,8,11-12H2,1-4H3,(H,27,29)/t13-/m1/s1. The number of hydrogen-bond acceptors (Lipinski definition) is 8. The van der Waals surface area contributed by atoms with Gasteiger partial charge in [-0.05, 0) is 32.9 Å². The topological polar surface area (TPSA) is 102 Å². The van der Waals surface area contributed by atoms with Crippen molar-refractivity contribution >= 4 is 17.7 Å². The minimum absolute atomic E-state index is 0.127. The molecule has 2 heterocycles. The van der Waals surface area contributed by atoms with E-state index in [0.717, 1.165) is 5.56 Å². The van der Waals surface area contributed by atoms with Crippen LogP contribution in [0.15, 0.2) is 30.3 Å². The Labute approximate surface area is 200 Å². The first-order valence-electron chi connectivity index (χ1n) is 10.8. The molecule has 2 aromatic rings. The zero-order chi connectivity index (χ0) is 25.4. The van der Waals surface area contributed by atoms with E-state index in [-0.39, 0.29) is 47.7 Å². The molecular formula is C24H25F2NO8.